The van der Waals surface area contributed by atoms with E-state index < -0.39 is 17.8 Å². The lowest BCUT2D eigenvalue weighted by molar-refractivity contribution is -0.136. The molecule has 1 amide bonds. The second kappa shape index (κ2) is 7.50. The van der Waals surface area contributed by atoms with Crippen molar-refractivity contribution in [2.75, 3.05) is 39.2 Å². The van der Waals surface area contributed by atoms with Crippen LogP contribution in [0.2, 0.25) is 0 Å². The number of esters is 2. The first-order valence-corrected chi connectivity index (χ1v) is 8.18. The quantitative estimate of drug-likeness (QED) is 0.635. The maximum absolute atomic E-state index is 12.5. The molecule has 3 N–H and O–H groups in total. The lowest BCUT2D eigenvalue weighted by atomic mass is 10.1. The number of hydrogen-bond acceptors (Lipinski definition) is 7. The van der Waals surface area contributed by atoms with Gasteiger partial charge in [-0.05, 0) is 18.2 Å². The Morgan fingerprint density at radius 1 is 1.26 bits per heavy atom. The van der Waals surface area contributed by atoms with E-state index in [-0.39, 0.29) is 31.0 Å². The molecule has 0 atom stereocenters. The molecule has 0 radical (unpaired) electrons. The number of nitrogens with zero attached hydrogens (tertiary/aromatic N) is 1. The minimum absolute atomic E-state index is 0.0611. The lowest BCUT2D eigenvalue weighted by Gasteiger charge is -2.15. The minimum atomic E-state index is -0.611. The van der Waals surface area contributed by atoms with Gasteiger partial charge in [-0.25, -0.2) is 9.59 Å². The predicted octanol–water partition coefficient (Wildman–Crippen LogP) is 0.628. The van der Waals surface area contributed by atoms with Crippen molar-refractivity contribution >= 4 is 34.4 Å². The number of H-pyrrole nitrogens is 1. The number of anilines is 1. The number of aliphatic hydroxyl groups excluding tert-OH is 1. The van der Waals surface area contributed by atoms with Gasteiger partial charge in [0.2, 0.25) is 0 Å². The van der Waals surface area contributed by atoms with Gasteiger partial charge in [0.25, 0.3) is 5.91 Å². The molecule has 1 aliphatic heterocycles. The summed E-state index contributed by atoms with van der Waals surface area (Å²) in [7, 11) is 2.55. The van der Waals surface area contributed by atoms with Crippen molar-refractivity contribution in [2.45, 2.75) is 0 Å². The van der Waals surface area contributed by atoms with Gasteiger partial charge in [-0.2, -0.15) is 0 Å². The molecule has 0 bridgehead atoms. The van der Waals surface area contributed by atoms with Gasteiger partial charge in [-0.3, -0.25) is 4.79 Å². The molecule has 0 fully saturated rings. The number of methoxy groups -OCH3 is 2. The van der Waals surface area contributed by atoms with E-state index in [9.17, 15) is 14.4 Å². The molecular formula is C18H19N3O6. The van der Waals surface area contributed by atoms with E-state index >= 15 is 0 Å². The molecule has 0 unspecified atom stereocenters. The fraction of sp³-hybridized carbons (Fsp3) is 0.278. The molecule has 1 aliphatic rings. The summed E-state index contributed by atoms with van der Waals surface area (Å²) >= 11 is 0. The van der Waals surface area contributed by atoms with Crippen molar-refractivity contribution in [3.05, 3.63) is 41.2 Å². The summed E-state index contributed by atoms with van der Waals surface area (Å²) in [5, 5.41) is 12.7. The monoisotopic (exact) mass is 373 g/mol. The van der Waals surface area contributed by atoms with Crippen LogP contribution in [-0.4, -0.2) is 66.8 Å². The van der Waals surface area contributed by atoms with Gasteiger partial charge in [0.05, 0.1) is 38.5 Å². The highest BCUT2D eigenvalue weighted by atomic mass is 16.5. The second-order valence-electron chi connectivity index (χ2n) is 5.87. The number of aliphatic hydroxyl groups is 1. The normalized spacial score (nSPS) is 14.0. The van der Waals surface area contributed by atoms with Gasteiger partial charge in [0.15, 0.2) is 0 Å². The standard InChI is InChI=1S/C18H19N3O6/c1-26-17(24)12-8-19-14-7-10(3-4-11(12)14)20-15-13(18(25)27-2)9-21(5-6-22)16(15)23/h3-4,7-8,19-20,22H,5-6,9H2,1-2H3. The van der Waals surface area contributed by atoms with Crippen molar-refractivity contribution in [1.82, 2.24) is 9.88 Å². The maximum atomic E-state index is 12.5. The van der Waals surface area contributed by atoms with Gasteiger partial charge >= 0.3 is 11.9 Å². The Hall–Kier alpha value is -3.33. The second-order valence-corrected chi connectivity index (χ2v) is 5.87. The van der Waals surface area contributed by atoms with Crippen LogP contribution >= 0.6 is 0 Å². The smallest absolute Gasteiger partial charge is 0.340 e. The molecule has 142 valence electrons. The number of aromatic nitrogens is 1. The lowest BCUT2D eigenvalue weighted by Crippen LogP contribution is -2.31. The van der Waals surface area contributed by atoms with Gasteiger partial charge in [0, 0.05) is 29.3 Å². The Morgan fingerprint density at radius 3 is 2.67 bits per heavy atom. The minimum Gasteiger partial charge on any atom is -0.466 e. The Morgan fingerprint density at radius 2 is 2.00 bits per heavy atom. The van der Waals surface area contributed by atoms with E-state index in [1.54, 1.807) is 24.4 Å². The molecule has 9 nitrogen and oxygen atoms in total. The summed E-state index contributed by atoms with van der Waals surface area (Å²) in [6, 6.07) is 5.11. The topological polar surface area (TPSA) is 121 Å². The van der Waals surface area contributed by atoms with Crippen molar-refractivity contribution in [3.63, 3.8) is 0 Å². The molecule has 1 aromatic carbocycles. The number of ether oxygens (including phenoxy) is 2. The first-order valence-electron chi connectivity index (χ1n) is 8.18. The van der Waals surface area contributed by atoms with Gasteiger partial charge in [-0.1, -0.05) is 0 Å². The van der Waals surface area contributed by atoms with Crippen LogP contribution < -0.4 is 5.32 Å². The van der Waals surface area contributed by atoms with Crippen molar-refractivity contribution in [3.8, 4) is 0 Å². The maximum Gasteiger partial charge on any atom is 0.340 e. The van der Waals surface area contributed by atoms with Crippen LogP contribution in [0.25, 0.3) is 10.9 Å². The first kappa shape index (κ1) is 18.5. The van der Waals surface area contributed by atoms with E-state index in [1.807, 2.05) is 0 Å². The molecule has 9 heteroatoms. The van der Waals surface area contributed by atoms with Gasteiger partial charge in [-0.15, -0.1) is 0 Å². The molecular weight excluding hydrogens is 354 g/mol. The van der Waals surface area contributed by atoms with Crippen molar-refractivity contribution in [2.24, 2.45) is 0 Å². The number of carbonyl (C=O) groups is 3. The van der Waals surface area contributed by atoms with Crippen LogP contribution in [0.4, 0.5) is 5.69 Å². The van der Waals surface area contributed by atoms with Crippen molar-refractivity contribution in [1.29, 1.82) is 0 Å². The summed E-state index contributed by atoms with van der Waals surface area (Å²) in [5.74, 6) is -1.46. The van der Waals surface area contributed by atoms with Crippen molar-refractivity contribution < 1.29 is 29.0 Å². The number of carbonyl (C=O) groups excluding carboxylic acids is 3. The van der Waals surface area contributed by atoms with Crippen LogP contribution in [0.1, 0.15) is 10.4 Å². The van der Waals surface area contributed by atoms with Gasteiger partial charge in [0.1, 0.15) is 5.70 Å². The Kier molecular flexibility index (Phi) is 5.13. The third kappa shape index (κ3) is 3.36. The first-order chi connectivity index (χ1) is 13.0. The molecule has 0 saturated carbocycles. The van der Waals surface area contributed by atoms with Crippen LogP contribution in [0.5, 0.6) is 0 Å². The highest BCUT2D eigenvalue weighted by molar-refractivity contribution is 6.09. The molecule has 27 heavy (non-hydrogen) atoms. The summed E-state index contributed by atoms with van der Waals surface area (Å²) in [5.41, 5.74) is 1.92. The van der Waals surface area contributed by atoms with E-state index in [2.05, 4.69) is 10.3 Å². The SMILES string of the molecule is COC(=O)C1=C(Nc2ccc3c(C(=O)OC)c[nH]c3c2)C(=O)N(CCO)C1. The molecule has 2 aromatic rings. The number of hydrogen-bond donors (Lipinski definition) is 3. The third-order valence-electron chi connectivity index (χ3n) is 4.31. The Labute approximate surface area is 154 Å². The molecule has 0 saturated heterocycles. The van der Waals surface area contributed by atoms with Crippen LogP contribution in [-0.2, 0) is 19.1 Å². The van der Waals surface area contributed by atoms with E-state index in [0.29, 0.717) is 22.2 Å². The summed E-state index contributed by atoms with van der Waals surface area (Å²) in [6.07, 6.45) is 1.54. The number of rotatable bonds is 6. The Balaban J connectivity index is 1.93. The molecule has 0 aliphatic carbocycles. The summed E-state index contributed by atoms with van der Waals surface area (Å²) < 4.78 is 9.49. The number of β-amino-alcohol motifs (C(OH)–C–C–N with tert-alkyl or cyclic N) is 1. The highest BCUT2D eigenvalue weighted by Crippen LogP contribution is 2.26. The predicted molar refractivity (Wildman–Crippen MR) is 96.0 cm³/mol. The zero-order valence-corrected chi connectivity index (χ0v) is 14.9. The van der Waals surface area contributed by atoms with Gasteiger partial charge < -0.3 is 29.8 Å². The molecule has 3 rings (SSSR count). The fourth-order valence-electron chi connectivity index (χ4n) is 2.98. The average molecular weight is 373 g/mol. The molecule has 1 aromatic heterocycles. The van der Waals surface area contributed by atoms with Crippen LogP contribution in [0.15, 0.2) is 35.7 Å². The largest absolute Gasteiger partial charge is 0.466 e. The van der Waals surface area contributed by atoms with E-state index in [0.717, 1.165) is 0 Å². The average Bonchev–Trinajstić information content (AvgIpc) is 3.23. The molecule has 0 spiro atoms. The number of benzene rings is 1. The van der Waals surface area contributed by atoms with Crippen LogP contribution in [0.3, 0.4) is 0 Å². The zero-order valence-electron chi connectivity index (χ0n) is 14.9. The number of nitrogens with one attached hydrogen (secondary N) is 2. The fourth-order valence-corrected chi connectivity index (χ4v) is 2.98. The van der Waals surface area contributed by atoms with E-state index in [1.165, 1.54) is 19.1 Å². The number of fused-ring (bicyclic) bond motifs is 1. The zero-order chi connectivity index (χ0) is 19.6. The number of aromatic amines is 1. The summed E-state index contributed by atoms with van der Waals surface area (Å²) in [6.45, 7) is -0.0352. The summed E-state index contributed by atoms with van der Waals surface area (Å²) in [4.78, 5) is 40.7. The van der Waals surface area contributed by atoms with Crippen LogP contribution in [0, 0.1) is 0 Å². The Bertz CT molecular complexity index is 946. The third-order valence-corrected chi connectivity index (χ3v) is 4.31. The highest BCUT2D eigenvalue weighted by Gasteiger charge is 2.34. The van der Waals surface area contributed by atoms with E-state index in [4.69, 9.17) is 14.6 Å². The number of amides is 1. The molecule has 2 heterocycles.